The summed E-state index contributed by atoms with van der Waals surface area (Å²) in [7, 11) is -5.61. The first-order valence-corrected chi connectivity index (χ1v) is 16.6. The van der Waals surface area contributed by atoms with Gasteiger partial charge in [0.2, 0.25) is 10.0 Å². The maximum absolute atomic E-state index is 13.4. The molecular formula is C27H40N4O5S2. The summed E-state index contributed by atoms with van der Waals surface area (Å²) in [6.45, 7) is 3.56. The average Bonchev–Trinajstić information content (AvgIpc) is 2.87. The second-order valence-corrected chi connectivity index (χ2v) is 14.1. The fourth-order valence-electron chi connectivity index (χ4n) is 4.56. The molecule has 2 aromatic rings. The van der Waals surface area contributed by atoms with E-state index in [1.165, 1.54) is 19.2 Å². The highest BCUT2D eigenvalue weighted by atomic mass is 32.2. The predicted octanol–water partition coefficient (Wildman–Crippen LogP) is 4.01. The summed E-state index contributed by atoms with van der Waals surface area (Å²) >= 11 is 0. The lowest BCUT2D eigenvalue weighted by Gasteiger charge is -2.33. The van der Waals surface area contributed by atoms with Gasteiger partial charge in [-0.15, -0.1) is 0 Å². The minimum atomic E-state index is -3.61. The van der Waals surface area contributed by atoms with Crippen molar-refractivity contribution in [3.8, 4) is 0 Å². The number of sulfone groups is 1. The molecule has 1 atom stereocenters. The average molecular weight is 565 g/mol. The third-order valence-corrected chi connectivity index (χ3v) is 9.88. The number of benzene rings is 2. The number of hydrogen-bond acceptors (Lipinski definition) is 7. The molecule has 2 aromatic carbocycles. The molecule has 1 saturated heterocycles. The lowest BCUT2D eigenvalue weighted by molar-refractivity contribution is 0.102. The van der Waals surface area contributed by atoms with Crippen molar-refractivity contribution in [2.24, 2.45) is 5.73 Å². The van der Waals surface area contributed by atoms with Crippen LogP contribution >= 0.6 is 0 Å². The molecule has 1 aliphatic rings. The first-order chi connectivity index (χ1) is 17.9. The van der Waals surface area contributed by atoms with E-state index < -0.39 is 25.8 Å². The zero-order valence-corrected chi connectivity index (χ0v) is 24.2. The molecule has 210 valence electrons. The van der Waals surface area contributed by atoms with E-state index in [1.807, 2.05) is 0 Å². The highest BCUT2D eigenvalue weighted by Gasteiger charge is 2.24. The van der Waals surface area contributed by atoms with Gasteiger partial charge in [0.05, 0.1) is 28.2 Å². The van der Waals surface area contributed by atoms with E-state index in [0.29, 0.717) is 18.7 Å². The van der Waals surface area contributed by atoms with Crippen LogP contribution in [0, 0.1) is 0 Å². The number of unbranched alkanes of at least 4 members (excludes halogenated alkanes) is 4. The molecule has 11 heteroatoms. The fourth-order valence-corrected chi connectivity index (χ4v) is 6.44. The molecule has 0 saturated carbocycles. The SMILES string of the molecule is CCCCCCCS(=O)(=O)c1ccc(NC(=O)c2cc(N3CCCC(N)C3)ccc2N(C)S(C)(=O)=O)cc1. The lowest BCUT2D eigenvalue weighted by atomic mass is 10.0. The van der Waals surface area contributed by atoms with Crippen LogP contribution in [0.5, 0.6) is 0 Å². The quantitative estimate of drug-likeness (QED) is 0.373. The van der Waals surface area contributed by atoms with E-state index >= 15 is 0 Å². The summed E-state index contributed by atoms with van der Waals surface area (Å²) in [5.41, 5.74) is 7.78. The third-order valence-electron chi connectivity index (χ3n) is 6.87. The summed E-state index contributed by atoms with van der Waals surface area (Å²) in [5.74, 6) is -0.401. The molecular weight excluding hydrogens is 524 g/mol. The molecule has 9 nitrogen and oxygen atoms in total. The van der Waals surface area contributed by atoms with Crippen molar-refractivity contribution in [3.05, 3.63) is 48.0 Å². The number of nitrogens with one attached hydrogen (secondary N) is 1. The maximum atomic E-state index is 13.4. The zero-order chi connectivity index (χ0) is 27.9. The second-order valence-electron chi connectivity index (χ2n) is 9.99. The van der Waals surface area contributed by atoms with Gasteiger partial charge < -0.3 is 16.0 Å². The Morgan fingerprint density at radius 3 is 2.37 bits per heavy atom. The van der Waals surface area contributed by atoms with Crippen LogP contribution in [0.2, 0.25) is 0 Å². The highest BCUT2D eigenvalue weighted by Crippen LogP contribution is 2.30. The maximum Gasteiger partial charge on any atom is 0.257 e. The smallest absolute Gasteiger partial charge is 0.257 e. The van der Waals surface area contributed by atoms with Crippen molar-refractivity contribution < 1.29 is 21.6 Å². The van der Waals surface area contributed by atoms with Crippen molar-refractivity contribution in [1.29, 1.82) is 0 Å². The van der Waals surface area contributed by atoms with E-state index in [1.54, 1.807) is 30.3 Å². The van der Waals surface area contributed by atoms with Crippen LogP contribution in [0.3, 0.4) is 0 Å². The number of piperidine rings is 1. The molecule has 0 radical (unpaired) electrons. The molecule has 0 aliphatic carbocycles. The Bertz CT molecular complexity index is 1310. The van der Waals surface area contributed by atoms with Gasteiger partial charge in [-0.1, -0.05) is 32.6 Å². The van der Waals surface area contributed by atoms with Crippen LogP contribution in [0.4, 0.5) is 17.1 Å². The van der Waals surface area contributed by atoms with Crippen LogP contribution in [-0.2, 0) is 19.9 Å². The van der Waals surface area contributed by atoms with E-state index in [9.17, 15) is 21.6 Å². The number of nitrogens with two attached hydrogens (primary N) is 1. The molecule has 1 aliphatic heterocycles. The summed E-state index contributed by atoms with van der Waals surface area (Å²) in [5, 5.41) is 2.79. The Kier molecular flexibility index (Phi) is 10.2. The van der Waals surface area contributed by atoms with Gasteiger partial charge in [-0.3, -0.25) is 9.10 Å². The summed E-state index contributed by atoms with van der Waals surface area (Å²) in [4.78, 5) is 15.7. The third kappa shape index (κ3) is 7.94. The van der Waals surface area contributed by atoms with Crippen LogP contribution in [0.25, 0.3) is 0 Å². The highest BCUT2D eigenvalue weighted by molar-refractivity contribution is 7.92. The van der Waals surface area contributed by atoms with Crippen LogP contribution in [0.1, 0.15) is 62.2 Å². The minimum Gasteiger partial charge on any atom is -0.370 e. The minimum absolute atomic E-state index is 0.0329. The molecule has 0 aromatic heterocycles. The van der Waals surface area contributed by atoms with Crippen molar-refractivity contribution in [2.45, 2.75) is 62.8 Å². The molecule has 1 heterocycles. The lowest BCUT2D eigenvalue weighted by Crippen LogP contribution is -2.43. The number of hydrogen-bond donors (Lipinski definition) is 2. The Balaban J connectivity index is 1.80. The summed E-state index contributed by atoms with van der Waals surface area (Å²) < 4.78 is 51.0. The molecule has 3 rings (SSSR count). The van der Waals surface area contributed by atoms with Crippen LogP contribution < -0.4 is 20.3 Å². The zero-order valence-electron chi connectivity index (χ0n) is 22.5. The molecule has 38 heavy (non-hydrogen) atoms. The van der Waals surface area contributed by atoms with Crippen molar-refractivity contribution >= 4 is 42.8 Å². The van der Waals surface area contributed by atoms with Gasteiger partial charge in [0.25, 0.3) is 5.91 Å². The normalized spacial score (nSPS) is 16.3. The largest absolute Gasteiger partial charge is 0.370 e. The summed E-state index contributed by atoms with van der Waals surface area (Å²) in [6.07, 6.45) is 7.68. The second kappa shape index (κ2) is 12.9. The molecule has 0 spiro atoms. The first-order valence-electron chi connectivity index (χ1n) is 13.1. The molecule has 1 amide bonds. The van der Waals surface area contributed by atoms with Crippen LogP contribution in [0.15, 0.2) is 47.4 Å². The molecule has 1 unspecified atom stereocenters. The van der Waals surface area contributed by atoms with Crippen LogP contribution in [-0.4, -0.2) is 60.9 Å². The first kappa shape index (κ1) is 29.9. The molecule has 0 bridgehead atoms. The van der Waals surface area contributed by atoms with Crippen molar-refractivity contribution in [2.75, 3.05) is 46.7 Å². The Morgan fingerprint density at radius 1 is 1.05 bits per heavy atom. The number of anilines is 3. The number of carbonyl (C=O) groups is 1. The number of amides is 1. The molecule has 1 fully saturated rings. The van der Waals surface area contributed by atoms with E-state index in [-0.39, 0.29) is 27.9 Å². The number of rotatable bonds is 12. The van der Waals surface area contributed by atoms with Gasteiger partial charge in [0, 0.05) is 37.6 Å². The number of nitrogens with zero attached hydrogens (tertiary/aromatic N) is 2. The van der Waals surface area contributed by atoms with E-state index in [2.05, 4.69) is 17.1 Å². The number of sulfonamides is 1. The topological polar surface area (TPSA) is 130 Å². The van der Waals surface area contributed by atoms with Gasteiger partial charge >= 0.3 is 0 Å². The fraction of sp³-hybridized carbons (Fsp3) is 0.519. The Labute approximate surface area is 227 Å². The van der Waals surface area contributed by atoms with Gasteiger partial charge in [0.15, 0.2) is 9.84 Å². The van der Waals surface area contributed by atoms with Crippen molar-refractivity contribution in [3.63, 3.8) is 0 Å². The standard InChI is InChI=1S/C27H40N4O5S2/c1-4-5-6-7-8-18-38(35,36)24-14-11-22(12-15-24)29-27(32)25-19-23(31-17-9-10-21(28)20-31)13-16-26(25)30(2)37(3,33)34/h11-16,19,21H,4-10,17-18,20,28H2,1-3H3,(H,29,32). The van der Waals surface area contributed by atoms with Gasteiger partial charge in [-0.2, -0.15) is 0 Å². The number of carbonyl (C=O) groups excluding carboxylic acids is 1. The molecule has 3 N–H and O–H groups in total. The Hall–Kier alpha value is -2.63. The Morgan fingerprint density at radius 2 is 1.74 bits per heavy atom. The van der Waals surface area contributed by atoms with E-state index in [4.69, 9.17) is 5.73 Å². The van der Waals surface area contributed by atoms with Gasteiger partial charge in [-0.05, 0) is 61.7 Å². The predicted molar refractivity (Wildman–Crippen MR) is 154 cm³/mol. The van der Waals surface area contributed by atoms with Gasteiger partial charge in [0.1, 0.15) is 0 Å². The van der Waals surface area contributed by atoms with Crippen molar-refractivity contribution in [1.82, 2.24) is 0 Å². The monoisotopic (exact) mass is 564 g/mol. The van der Waals surface area contributed by atoms with E-state index in [0.717, 1.165) is 61.3 Å². The summed E-state index contributed by atoms with van der Waals surface area (Å²) in [6, 6.07) is 11.2. The van der Waals surface area contributed by atoms with Gasteiger partial charge in [-0.25, -0.2) is 16.8 Å².